The van der Waals surface area contributed by atoms with Gasteiger partial charge in [-0.1, -0.05) is 0 Å². The van der Waals surface area contributed by atoms with Crippen molar-refractivity contribution in [1.29, 1.82) is 0 Å². The van der Waals surface area contributed by atoms with Gasteiger partial charge in [-0.2, -0.15) is 0 Å². The number of carbonyl (C=O) groups is 1. The Kier molecular flexibility index (Phi) is 5.87. The first-order chi connectivity index (χ1) is 10.2. The van der Waals surface area contributed by atoms with Crippen molar-refractivity contribution in [3.63, 3.8) is 0 Å². The quantitative estimate of drug-likeness (QED) is 0.781. The van der Waals surface area contributed by atoms with Crippen molar-refractivity contribution in [2.45, 2.75) is 19.3 Å². The largest absolute Gasteiger partial charge is 0.497 e. The molecule has 1 fully saturated rings. The van der Waals surface area contributed by atoms with Crippen molar-refractivity contribution < 1.29 is 19.4 Å². The Hall–Kier alpha value is -1.75. The highest BCUT2D eigenvalue weighted by Crippen LogP contribution is 2.18. The van der Waals surface area contributed by atoms with Crippen LogP contribution < -0.4 is 9.47 Å². The first-order valence-corrected chi connectivity index (χ1v) is 7.41. The molecule has 5 heteroatoms. The molecule has 0 aromatic heterocycles. The zero-order valence-corrected chi connectivity index (χ0v) is 12.5. The molecule has 1 aliphatic heterocycles. The summed E-state index contributed by atoms with van der Waals surface area (Å²) >= 11 is 0. The van der Waals surface area contributed by atoms with Crippen LogP contribution in [0.1, 0.15) is 19.3 Å². The molecule has 116 valence electrons. The Morgan fingerprint density at radius 1 is 1.24 bits per heavy atom. The highest BCUT2D eigenvalue weighted by molar-refractivity contribution is 5.70. The molecule has 1 aromatic rings. The summed E-state index contributed by atoms with van der Waals surface area (Å²) in [4.78, 5) is 13.2. The average Bonchev–Trinajstić information content (AvgIpc) is 2.52. The van der Waals surface area contributed by atoms with Crippen LogP contribution in [0, 0.1) is 5.92 Å². The Morgan fingerprint density at radius 3 is 2.43 bits per heavy atom. The fraction of sp³-hybridized carbons (Fsp3) is 0.562. The van der Waals surface area contributed by atoms with E-state index in [1.807, 2.05) is 24.3 Å². The van der Waals surface area contributed by atoms with Crippen LogP contribution in [0.3, 0.4) is 0 Å². The minimum atomic E-state index is -0.655. The number of rotatable bonds is 7. The molecule has 1 saturated heterocycles. The van der Waals surface area contributed by atoms with Crippen molar-refractivity contribution in [2.75, 3.05) is 33.4 Å². The number of hydrogen-bond acceptors (Lipinski definition) is 4. The van der Waals surface area contributed by atoms with E-state index in [0.717, 1.165) is 50.4 Å². The molecule has 1 heterocycles. The van der Waals surface area contributed by atoms with Gasteiger partial charge in [0.2, 0.25) is 0 Å². The molecule has 21 heavy (non-hydrogen) atoms. The minimum Gasteiger partial charge on any atom is -0.497 e. The minimum absolute atomic E-state index is 0.156. The number of nitrogens with zero attached hydrogens (tertiary/aromatic N) is 1. The second kappa shape index (κ2) is 7.88. The van der Waals surface area contributed by atoms with E-state index < -0.39 is 5.97 Å². The molecule has 2 rings (SSSR count). The smallest absolute Gasteiger partial charge is 0.306 e. The van der Waals surface area contributed by atoms with E-state index in [1.54, 1.807) is 7.11 Å². The van der Waals surface area contributed by atoms with Crippen LogP contribution in [0.25, 0.3) is 0 Å². The standard InChI is InChI=1S/C16H23NO4/c1-20-14-3-5-15(6-4-14)21-12-2-9-17-10-7-13(8-11-17)16(18)19/h3-6,13H,2,7-12H2,1H3,(H,18,19). The van der Waals surface area contributed by atoms with Gasteiger partial charge in [0.05, 0.1) is 19.6 Å². The van der Waals surface area contributed by atoms with E-state index >= 15 is 0 Å². The Bertz CT molecular complexity index is 438. The van der Waals surface area contributed by atoms with Gasteiger partial charge < -0.3 is 19.5 Å². The van der Waals surface area contributed by atoms with Gasteiger partial charge in [-0.15, -0.1) is 0 Å². The van der Waals surface area contributed by atoms with E-state index in [4.69, 9.17) is 14.6 Å². The van der Waals surface area contributed by atoms with Crippen LogP contribution in [-0.2, 0) is 4.79 Å². The van der Waals surface area contributed by atoms with Crippen LogP contribution >= 0.6 is 0 Å². The number of piperidine rings is 1. The molecule has 1 aliphatic rings. The lowest BCUT2D eigenvalue weighted by atomic mass is 9.97. The number of benzene rings is 1. The van der Waals surface area contributed by atoms with Gasteiger partial charge in [-0.05, 0) is 56.6 Å². The third-order valence-corrected chi connectivity index (χ3v) is 3.88. The van der Waals surface area contributed by atoms with Crippen molar-refractivity contribution in [3.8, 4) is 11.5 Å². The zero-order chi connectivity index (χ0) is 15.1. The summed E-state index contributed by atoms with van der Waals surface area (Å²) in [6, 6.07) is 7.56. The third-order valence-electron chi connectivity index (χ3n) is 3.88. The highest BCUT2D eigenvalue weighted by Gasteiger charge is 2.23. The molecule has 0 atom stereocenters. The number of carboxylic acids is 1. The van der Waals surface area contributed by atoms with Gasteiger partial charge in [0.15, 0.2) is 0 Å². The van der Waals surface area contributed by atoms with Gasteiger partial charge >= 0.3 is 5.97 Å². The predicted octanol–water partition coefficient (Wildman–Crippen LogP) is 2.26. The Morgan fingerprint density at radius 2 is 1.86 bits per heavy atom. The molecule has 0 saturated carbocycles. The fourth-order valence-electron chi connectivity index (χ4n) is 2.55. The Balaban J connectivity index is 1.60. The molecule has 1 N–H and O–H groups in total. The van der Waals surface area contributed by atoms with Gasteiger partial charge in [0.1, 0.15) is 11.5 Å². The van der Waals surface area contributed by atoms with Crippen molar-refractivity contribution in [1.82, 2.24) is 4.90 Å². The predicted molar refractivity (Wildman–Crippen MR) is 79.9 cm³/mol. The molecular formula is C16H23NO4. The van der Waals surface area contributed by atoms with Crippen molar-refractivity contribution in [2.24, 2.45) is 5.92 Å². The van der Waals surface area contributed by atoms with Crippen molar-refractivity contribution >= 4 is 5.97 Å². The molecule has 1 aromatic carbocycles. The summed E-state index contributed by atoms with van der Waals surface area (Å²) in [5.74, 6) is 0.860. The maximum absolute atomic E-state index is 10.9. The van der Waals surface area contributed by atoms with Crippen LogP contribution in [0.15, 0.2) is 24.3 Å². The molecule has 5 nitrogen and oxygen atoms in total. The van der Waals surface area contributed by atoms with Gasteiger partial charge in [0, 0.05) is 6.54 Å². The zero-order valence-electron chi connectivity index (χ0n) is 12.5. The van der Waals surface area contributed by atoms with Gasteiger partial charge in [0.25, 0.3) is 0 Å². The van der Waals surface area contributed by atoms with E-state index in [-0.39, 0.29) is 5.92 Å². The van der Waals surface area contributed by atoms with E-state index in [0.29, 0.717) is 6.61 Å². The topological polar surface area (TPSA) is 59.0 Å². The van der Waals surface area contributed by atoms with E-state index in [9.17, 15) is 4.79 Å². The molecular weight excluding hydrogens is 270 g/mol. The van der Waals surface area contributed by atoms with Crippen molar-refractivity contribution in [3.05, 3.63) is 24.3 Å². The van der Waals surface area contributed by atoms with Gasteiger partial charge in [-0.3, -0.25) is 4.79 Å². The normalized spacial score (nSPS) is 16.6. The number of hydrogen-bond donors (Lipinski definition) is 1. The lowest BCUT2D eigenvalue weighted by molar-refractivity contribution is -0.143. The SMILES string of the molecule is COc1ccc(OCCCN2CCC(C(=O)O)CC2)cc1. The molecule has 0 aliphatic carbocycles. The third kappa shape index (κ3) is 4.93. The molecule has 0 unspecified atom stereocenters. The fourth-order valence-corrected chi connectivity index (χ4v) is 2.55. The van der Waals surface area contributed by atoms with Crippen LogP contribution in [0.5, 0.6) is 11.5 Å². The first-order valence-electron chi connectivity index (χ1n) is 7.41. The number of likely N-dealkylation sites (tertiary alicyclic amines) is 1. The van der Waals surface area contributed by atoms with Gasteiger partial charge in [-0.25, -0.2) is 0 Å². The lowest BCUT2D eigenvalue weighted by Crippen LogP contribution is -2.37. The maximum Gasteiger partial charge on any atom is 0.306 e. The summed E-state index contributed by atoms with van der Waals surface area (Å²) in [6.07, 6.45) is 2.47. The maximum atomic E-state index is 10.9. The van der Waals surface area contributed by atoms with Crippen LogP contribution in [-0.4, -0.2) is 49.3 Å². The lowest BCUT2D eigenvalue weighted by Gasteiger charge is -2.29. The second-order valence-corrected chi connectivity index (χ2v) is 5.33. The first kappa shape index (κ1) is 15.6. The molecule has 0 radical (unpaired) electrons. The second-order valence-electron chi connectivity index (χ2n) is 5.33. The van der Waals surface area contributed by atoms with Crippen LogP contribution in [0.2, 0.25) is 0 Å². The van der Waals surface area contributed by atoms with Crippen LogP contribution in [0.4, 0.5) is 0 Å². The summed E-state index contributed by atoms with van der Waals surface area (Å²) in [5.41, 5.74) is 0. The Labute approximate surface area is 125 Å². The molecule has 0 amide bonds. The van der Waals surface area contributed by atoms with E-state index in [2.05, 4.69) is 4.90 Å². The highest BCUT2D eigenvalue weighted by atomic mass is 16.5. The average molecular weight is 293 g/mol. The summed E-state index contributed by atoms with van der Waals surface area (Å²) in [5, 5.41) is 8.95. The van der Waals surface area contributed by atoms with E-state index in [1.165, 1.54) is 0 Å². The number of methoxy groups -OCH3 is 1. The molecule has 0 spiro atoms. The number of ether oxygens (including phenoxy) is 2. The summed E-state index contributed by atoms with van der Waals surface area (Å²) in [7, 11) is 1.64. The molecule has 0 bridgehead atoms. The monoisotopic (exact) mass is 293 g/mol. The summed E-state index contributed by atoms with van der Waals surface area (Å²) in [6.45, 7) is 3.38. The number of aliphatic carboxylic acids is 1. The summed E-state index contributed by atoms with van der Waals surface area (Å²) < 4.78 is 10.8. The number of carboxylic acid groups (broad SMARTS) is 1.